The summed E-state index contributed by atoms with van der Waals surface area (Å²) in [6, 6.07) is 0. The van der Waals surface area contributed by atoms with Crippen LogP contribution in [0.25, 0.3) is 0 Å². The van der Waals surface area contributed by atoms with E-state index in [2.05, 4.69) is 5.32 Å². The Morgan fingerprint density at radius 1 is 1.15 bits per heavy atom. The second-order valence-corrected chi connectivity index (χ2v) is 3.04. The molecule has 0 bridgehead atoms. The van der Waals surface area contributed by atoms with Gasteiger partial charge in [0, 0.05) is 0 Å². The summed E-state index contributed by atoms with van der Waals surface area (Å²) in [6.07, 6.45) is -5.39. The van der Waals surface area contributed by atoms with Crippen molar-refractivity contribution in [2.75, 3.05) is 13.7 Å². The van der Waals surface area contributed by atoms with E-state index in [1.165, 1.54) is 0 Å². The average molecular weight is 193 g/mol. The van der Waals surface area contributed by atoms with E-state index < -0.39 is 37.3 Å². The number of likely N-dealkylation sites (N-methyl/N-ethyl adjacent to an activating group) is 1. The van der Waals surface area contributed by atoms with Crippen LogP contribution < -0.4 is 5.32 Å². The van der Waals surface area contributed by atoms with E-state index in [1.807, 2.05) is 0 Å². The Hall–Kier alpha value is -0.240. The van der Waals surface area contributed by atoms with Gasteiger partial charge in [-0.15, -0.1) is 0 Å². The maximum atomic E-state index is 9.34. The Morgan fingerprint density at radius 2 is 1.77 bits per heavy atom. The molecule has 1 aliphatic rings. The van der Waals surface area contributed by atoms with Crippen molar-refractivity contribution in [3.05, 3.63) is 0 Å². The molecule has 0 aromatic carbocycles. The van der Waals surface area contributed by atoms with Gasteiger partial charge in [-0.05, 0) is 7.05 Å². The molecule has 0 amide bonds. The Balaban J connectivity index is 2.66. The van der Waals surface area contributed by atoms with Gasteiger partial charge in [-0.1, -0.05) is 0 Å². The van der Waals surface area contributed by atoms with Gasteiger partial charge in [0.25, 0.3) is 0 Å². The highest BCUT2D eigenvalue weighted by atomic mass is 16.6. The summed E-state index contributed by atoms with van der Waals surface area (Å²) in [4.78, 5) is 0. The van der Waals surface area contributed by atoms with E-state index in [0.717, 1.165) is 0 Å². The summed E-state index contributed by atoms with van der Waals surface area (Å²) in [5.74, 6) is 0. The number of nitrogens with one attached hydrogen (secondary N) is 1. The molecule has 0 aromatic rings. The predicted molar refractivity (Wildman–Crippen MR) is 42.8 cm³/mol. The zero-order chi connectivity index (χ0) is 10.0. The summed E-state index contributed by atoms with van der Waals surface area (Å²) >= 11 is 0. The molecule has 0 saturated carbocycles. The van der Waals surface area contributed by atoms with E-state index in [0.29, 0.717) is 0 Å². The second-order valence-electron chi connectivity index (χ2n) is 3.04. The second kappa shape index (κ2) is 4.32. The fourth-order valence-electron chi connectivity index (χ4n) is 1.34. The summed E-state index contributed by atoms with van der Waals surface area (Å²) in [7, 11) is 1.55. The quantitative estimate of drug-likeness (QED) is 0.320. The van der Waals surface area contributed by atoms with Crippen LogP contribution in [-0.4, -0.2) is 64.7 Å². The lowest BCUT2D eigenvalue weighted by Crippen LogP contribution is -2.61. The largest absolute Gasteiger partial charge is 0.394 e. The molecule has 0 aromatic heterocycles. The molecule has 0 spiro atoms. The fraction of sp³-hybridized carbons (Fsp3) is 1.00. The molecule has 0 radical (unpaired) electrons. The zero-order valence-corrected chi connectivity index (χ0v) is 7.29. The van der Waals surface area contributed by atoms with Crippen LogP contribution in [0.1, 0.15) is 0 Å². The lowest BCUT2D eigenvalue weighted by atomic mass is 9.98. The molecule has 0 unspecified atom stereocenters. The average Bonchev–Trinajstić information content (AvgIpc) is 2.15. The lowest BCUT2D eigenvalue weighted by molar-refractivity contribution is -0.235. The highest BCUT2D eigenvalue weighted by Crippen LogP contribution is 2.18. The van der Waals surface area contributed by atoms with Gasteiger partial charge in [-0.2, -0.15) is 0 Å². The number of rotatable bonds is 2. The van der Waals surface area contributed by atoms with E-state index in [9.17, 15) is 15.3 Å². The van der Waals surface area contributed by atoms with Crippen molar-refractivity contribution in [2.24, 2.45) is 0 Å². The van der Waals surface area contributed by atoms with Gasteiger partial charge in [-0.3, -0.25) is 5.32 Å². The van der Waals surface area contributed by atoms with Crippen molar-refractivity contribution in [2.45, 2.75) is 30.6 Å². The van der Waals surface area contributed by atoms with Crippen LogP contribution in [0, 0.1) is 0 Å². The highest BCUT2D eigenvalue weighted by molar-refractivity contribution is 4.90. The third kappa shape index (κ3) is 1.98. The van der Waals surface area contributed by atoms with E-state index >= 15 is 0 Å². The van der Waals surface area contributed by atoms with Gasteiger partial charge in [-0.25, -0.2) is 0 Å². The molecule has 1 saturated heterocycles. The van der Waals surface area contributed by atoms with Crippen molar-refractivity contribution in [1.29, 1.82) is 0 Å². The zero-order valence-electron chi connectivity index (χ0n) is 7.29. The van der Waals surface area contributed by atoms with Crippen LogP contribution in [0.2, 0.25) is 0 Å². The van der Waals surface area contributed by atoms with Crippen molar-refractivity contribution in [1.82, 2.24) is 5.32 Å². The monoisotopic (exact) mass is 193 g/mol. The minimum Gasteiger partial charge on any atom is -0.394 e. The highest BCUT2D eigenvalue weighted by Gasteiger charge is 2.42. The Labute approximate surface area is 75.8 Å². The van der Waals surface area contributed by atoms with Gasteiger partial charge in [0.15, 0.2) is 0 Å². The first kappa shape index (κ1) is 10.8. The molecular weight excluding hydrogens is 178 g/mol. The summed E-state index contributed by atoms with van der Waals surface area (Å²) in [5.41, 5.74) is 0. The van der Waals surface area contributed by atoms with Gasteiger partial charge in [0.1, 0.15) is 30.6 Å². The van der Waals surface area contributed by atoms with Crippen LogP contribution in [0.3, 0.4) is 0 Å². The van der Waals surface area contributed by atoms with E-state index in [4.69, 9.17) is 9.84 Å². The van der Waals surface area contributed by atoms with Crippen LogP contribution in [0.5, 0.6) is 0 Å². The van der Waals surface area contributed by atoms with Crippen LogP contribution in [0.15, 0.2) is 0 Å². The number of aliphatic hydroxyl groups is 4. The Morgan fingerprint density at radius 3 is 2.23 bits per heavy atom. The smallest absolute Gasteiger partial charge is 0.137 e. The van der Waals surface area contributed by atoms with E-state index in [-0.39, 0.29) is 0 Å². The topological polar surface area (TPSA) is 102 Å². The third-order valence-electron chi connectivity index (χ3n) is 2.18. The minimum atomic E-state index is -1.30. The molecular formula is C7H15NO5. The molecule has 0 aliphatic carbocycles. The van der Waals surface area contributed by atoms with Crippen LogP contribution >= 0.6 is 0 Å². The third-order valence-corrected chi connectivity index (χ3v) is 2.18. The van der Waals surface area contributed by atoms with Gasteiger partial charge in [0.05, 0.1) is 6.61 Å². The molecule has 13 heavy (non-hydrogen) atoms. The minimum absolute atomic E-state index is 0.400. The molecule has 1 aliphatic heterocycles. The normalized spacial score (nSPS) is 46.4. The summed E-state index contributed by atoms with van der Waals surface area (Å²) in [6.45, 7) is -0.400. The Kier molecular flexibility index (Phi) is 3.60. The predicted octanol–water partition coefficient (Wildman–Crippen LogP) is -2.99. The van der Waals surface area contributed by atoms with Gasteiger partial charge < -0.3 is 25.2 Å². The number of hydrogen-bond donors (Lipinski definition) is 5. The first-order chi connectivity index (χ1) is 6.11. The van der Waals surface area contributed by atoms with Gasteiger partial charge >= 0.3 is 0 Å². The molecule has 6 nitrogen and oxygen atoms in total. The maximum Gasteiger partial charge on any atom is 0.137 e. The van der Waals surface area contributed by atoms with Crippen molar-refractivity contribution >= 4 is 0 Å². The standard InChI is InChI=1S/C7H15NO5/c1-8-7-6(12)5(11)4(10)3(2-9)13-7/h3-12H,2H2,1H3/t3-,4-,5+,6-,7-/m1/s1. The summed E-state index contributed by atoms with van der Waals surface area (Å²) < 4.78 is 5.06. The molecule has 5 N–H and O–H groups in total. The first-order valence-electron chi connectivity index (χ1n) is 4.09. The van der Waals surface area contributed by atoms with Crippen molar-refractivity contribution < 1.29 is 25.2 Å². The van der Waals surface area contributed by atoms with Gasteiger partial charge in [0.2, 0.25) is 0 Å². The molecule has 5 atom stereocenters. The molecule has 78 valence electrons. The SMILES string of the molecule is CN[C@@H]1O[C@H](CO)[C@@H](O)[C@H](O)[C@H]1O. The molecule has 6 heteroatoms. The van der Waals surface area contributed by atoms with Crippen molar-refractivity contribution in [3.63, 3.8) is 0 Å². The fourth-order valence-corrected chi connectivity index (χ4v) is 1.34. The van der Waals surface area contributed by atoms with Crippen LogP contribution in [0.4, 0.5) is 0 Å². The molecule has 1 heterocycles. The lowest BCUT2D eigenvalue weighted by Gasteiger charge is -2.39. The van der Waals surface area contributed by atoms with Crippen molar-refractivity contribution in [3.8, 4) is 0 Å². The molecule has 1 fully saturated rings. The number of hydrogen-bond acceptors (Lipinski definition) is 6. The Bertz CT molecular complexity index is 147. The molecule has 1 rings (SSSR count). The van der Waals surface area contributed by atoms with E-state index in [1.54, 1.807) is 7.05 Å². The number of aliphatic hydroxyl groups excluding tert-OH is 4. The first-order valence-corrected chi connectivity index (χ1v) is 4.09. The maximum absolute atomic E-state index is 9.34. The van der Waals surface area contributed by atoms with Crippen LogP contribution in [-0.2, 0) is 4.74 Å². The summed E-state index contributed by atoms with van der Waals surface area (Å²) in [5, 5.41) is 39.3. The number of ether oxygens (including phenoxy) is 1.